The van der Waals surface area contributed by atoms with Crippen LogP contribution in [0.2, 0.25) is 0 Å². The number of benzene rings is 1. The quantitative estimate of drug-likeness (QED) is 0.493. The SMILES string of the molecule is CC(C)N(C(C)C)C(C)Oc1cc(N)ccc1I. The first-order valence-electron chi connectivity index (χ1n) is 6.32. The highest BCUT2D eigenvalue weighted by Gasteiger charge is 2.22. The van der Waals surface area contributed by atoms with E-state index in [-0.39, 0.29) is 6.23 Å². The lowest BCUT2D eigenvalue weighted by Gasteiger charge is -2.36. The Balaban J connectivity index is 2.85. The number of nitrogens with two attached hydrogens (primary N) is 1. The van der Waals surface area contributed by atoms with E-state index in [9.17, 15) is 0 Å². The zero-order valence-electron chi connectivity index (χ0n) is 11.8. The maximum Gasteiger partial charge on any atom is 0.150 e. The fourth-order valence-corrected chi connectivity index (χ4v) is 2.75. The summed E-state index contributed by atoms with van der Waals surface area (Å²) < 4.78 is 7.13. The predicted molar refractivity (Wildman–Crippen MR) is 85.8 cm³/mol. The van der Waals surface area contributed by atoms with Gasteiger partial charge in [0.15, 0.2) is 0 Å². The maximum absolute atomic E-state index is 6.05. The highest BCUT2D eigenvalue weighted by molar-refractivity contribution is 14.1. The van der Waals surface area contributed by atoms with Crippen LogP contribution in [-0.4, -0.2) is 23.2 Å². The first-order valence-corrected chi connectivity index (χ1v) is 7.40. The van der Waals surface area contributed by atoms with Crippen LogP contribution >= 0.6 is 22.6 Å². The Morgan fingerprint density at radius 1 is 1.11 bits per heavy atom. The molecule has 1 aromatic carbocycles. The molecule has 0 heterocycles. The molecular weight excluding hydrogens is 339 g/mol. The van der Waals surface area contributed by atoms with Crippen molar-refractivity contribution in [3.63, 3.8) is 0 Å². The molecule has 0 aliphatic carbocycles. The van der Waals surface area contributed by atoms with E-state index >= 15 is 0 Å². The molecule has 0 saturated carbocycles. The van der Waals surface area contributed by atoms with Gasteiger partial charge in [-0.2, -0.15) is 0 Å². The molecule has 102 valence electrons. The van der Waals surface area contributed by atoms with Crippen LogP contribution in [0.4, 0.5) is 5.69 Å². The molecule has 0 fully saturated rings. The molecule has 1 atom stereocenters. The van der Waals surface area contributed by atoms with E-state index in [2.05, 4.69) is 62.1 Å². The average Bonchev–Trinajstić information content (AvgIpc) is 2.22. The van der Waals surface area contributed by atoms with Gasteiger partial charge in [0.1, 0.15) is 12.0 Å². The number of hydrogen-bond donors (Lipinski definition) is 1. The third-order valence-electron chi connectivity index (χ3n) is 2.87. The molecular formula is C14H23IN2O. The number of hydrogen-bond acceptors (Lipinski definition) is 3. The molecule has 0 aliphatic heterocycles. The summed E-state index contributed by atoms with van der Waals surface area (Å²) in [5.41, 5.74) is 6.54. The normalized spacial score (nSPS) is 13.4. The van der Waals surface area contributed by atoms with Crippen LogP contribution in [-0.2, 0) is 0 Å². The van der Waals surface area contributed by atoms with E-state index in [0.717, 1.165) is 15.0 Å². The van der Waals surface area contributed by atoms with Crippen LogP contribution in [0.3, 0.4) is 0 Å². The summed E-state index contributed by atoms with van der Waals surface area (Å²) in [6.45, 7) is 10.8. The van der Waals surface area contributed by atoms with Crippen LogP contribution in [0, 0.1) is 3.57 Å². The summed E-state index contributed by atoms with van der Waals surface area (Å²) in [5, 5.41) is 0. The molecule has 0 radical (unpaired) electrons. The smallest absolute Gasteiger partial charge is 0.150 e. The van der Waals surface area contributed by atoms with Crippen molar-refractivity contribution in [1.29, 1.82) is 0 Å². The largest absolute Gasteiger partial charge is 0.474 e. The minimum absolute atomic E-state index is 0.0281. The fraction of sp³-hybridized carbons (Fsp3) is 0.571. The zero-order valence-corrected chi connectivity index (χ0v) is 13.9. The van der Waals surface area contributed by atoms with Crippen molar-refractivity contribution in [3.05, 3.63) is 21.8 Å². The number of nitrogens with zero attached hydrogens (tertiary/aromatic N) is 1. The van der Waals surface area contributed by atoms with Crippen molar-refractivity contribution in [1.82, 2.24) is 4.90 Å². The molecule has 0 saturated heterocycles. The Kier molecular flexibility index (Phi) is 5.72. The number of ether oxygens (including phenoxy) is 1. The summed E-state index contributed by atoms with van der Waals surface area (Å²) >= 11 is 2.27. The van der Waals surface area contributed by atoms with E-state index in [1.54, 1.807) is 0 Å². The first-order chi connectivity index (χ1) is 8.32. The molecule has 4 heteroatoms. The Morgan fingerprint density at radius 3 is 2.17 bits per heavy atom. The number of rotatable bonds is 5. The molecule has 0 amide bonds. The minimum Gasteiger partial charge on any atom is -0.474 e. The second kappa shape index (κ2) is 6.61. The van der Waals surface area contributed by atoms with Crippen molar-refractivity contribution < 1.29 is 4.74 Å². The predicted octanol–water partition coefficient (Wildman–Crippen LogP) is 3.72. The molecule has 2 N–H and O–H groups in total. The lowest BCUT2D eigenvalue weighted by atomic mass is 10.2. The Bertz CT molecular complexity index is 385. The highest BCUT2D eigenvalue weighted by atomic mass is 127. The topological polar surface area (TPSA) is 38.5 Å². The van der Waals surface area contributed by atoms with Crippen LogP contribution in [0.1, 0.15) is 34.6 Å². The Morgan fingerprint density at radius 2 is 1.67 bits per heavy atom. The summed E-state index contributed by atoms with van der Waals surface area (Å²) in [5.74, 6) is 0.856. The van der Waals surface area contributed by atoms with Gasteiger partial charge in [-0.05, 0) is 69.3 Å². The second-order valence-electron chi connectivity index (χ2n) is 5.04. The van der Waals surface area contributed by atoms with E-state index in [1.165, 1.54) is 0 Å². The van der Waals surface area contributed by atoms with Gasteiger partial charge in [0.2, 0.25) is 0 Å². The van der Waals surface area contributed by atoms with Gasteiger partial charge < -0.3 is 10.5 Å². The third kappa shape index (κ3) is 4.02. The molecule has 0 aliphatic rings. The summed E-state index contributed by atoms with van der Waals surface area (Å²) in [7, 11) is 0. The van der Waals surface area contributed by atoms with Crippen molar-refractivity contribution >= 4 is 28.3 Å². The molecule has 0 spiro atoms. The van der Waals surface area contributed by atoms with E-state index in [0.29, 0.717) is 12.1 Å². The lowest BCUT2D eigenvalue weighted by Crippen LogP contribution is -2.46. The number of anilines is 1. The molecule has 18 heavy (non-hydrogen) atoms. The number of halogens is 1. The fourth-order valence-electron chi connectivity index (χ4n) is 2.29. The maximum atomic E-state index is 6.05. The van der Waals surface area contributed by atoms with Crippen molar-refractivity contribution in [2.75, 3.05) is 5.73 Å². The van der Waals surface area contributed by atoms with E-state index in [4.69, 9.17) is 10.5 Å². The lowest BCUT2D eigenvalue weighted by molar-refractivity contribution is -0.00606. The van der Waals surface area contributed by atoms with E-state index < -0.39 is 0 Å². The number of nitrogen functional groups attached to an aromatic ring is 1. The van der Waals surface area contributed by atoms with Crippen LogP contribution in [0.5, 0.6) is 5.75 Å². The Hall–Kier alpha value is -0.490. The van der Waals surface area contributed by atoms with Gasteiger partial charge in [-0.1, -0.05) is 0 Å². The van der Waals surface area contributed by atoms with Gasteiger partial charge >= 0.3 is 0 Å². The molecule has 0 aromatic heterocycles. The van der Waals surface area contributed by atoms with Gasteiger partial charge in [-0.15, -0.1) is 0 Å². The molecule has 3 nitrogen and oxygen atoms in total. The van der Waals surface area contributed by atoms with E-state index in [1.807, 2.05) is 18.2 Å². The van der Waals surface area contributed by atoms with Gasteiger partial charge in [-0.25, -0.2) is 0 Å². The average molecular weight is 362 g/mol. The first kappa shape index (κ1) is 15.6. The molecule has 1 aromatic rings. The van der Waals surface area contributed by atoms with Crippen molar-refractivity contribution in [2.45, 2.75) is 52.9 Å². The van der Waals surface area contributed by atoms with Crippen molar-refractivity contribution in [2.24, 2.45) is 0 Å². The minimum atomic E-state index is 0.0281. The monoisotopic (exact) mass is 362 g/mol. The van der Waals surface area contributed by atoms with Crippen LogP contribution < -0.4 is 10.5 Å². The summed E-state index contributed by atoms with van der Waals surface area (Å²) in [6.07, 6.45) is 0.0281. The molecule has 0 bridgehead atoms. The molecule has 1 rings (SSSR count). The zero-order chi connectivity index (χ0) is 13.9. The van der Waals surface area contributed by atoms with Crippen LogP contribution in [0.25, 0.3) is 0 Å². The molecule has 1 unspecified atom stereocenters. The standard InChI is InChI=1S/C14H23IN2O/c1-9(2)17(10(3)4)11(5)18-14-8-12(16)6-7-13(14)15/h6-11H,16H2,1-5H3. The van der Waals surface area contributed by atoms with Gasteiger partial charge in [0, 0.05) is 23.8 Å². The van der Waals surface area contributed by atoms with Gasteiger partial charge in [0.25, 0.3) is 0 Å². The van der Waals surface area contributed by atoms with Crippen molar-refractivity contribution in [3.8, 4) is 5.75 Å². The highest BCUT2D eigenvalue weighted by Crippen LogP contribution is 2.26. The van der Waals surface area contributed by atoms with Crippen LogP contribution in [0.15, 0.2) is 18.2 Å². The summed E-state index contributed by atoms with van der Waals surface area (Å²) in [4.78, 5) is 2.33. The Labute approximate surface area is 124 Å². The van der Waals surface area contributed by atoms with Gasteiger partial charge in [0.05, 0.1) is 3.57 Å². The second-order valence-corrected chi connectivity index (χ2v) is 6.20. The van der Waals surface area contributed by atoms with Gasteiger partial charge in [-0.3, -0.25) is 4.90 Å². The summed E-state index contributed by atoms with van der Waals surface area (Å²) in [6, 6.07) is 6.64. The third-order valence-corrected chi connectivity index (χ3v) is 3.76.